The average molecular weight is 308 g/mol. The van der Waals surface area contributed by atoms with Crippen LogP contribution in [0.25, 0.3) is 0 Å². The van der Waals surface area contributed by atoms with Gasteiger partial charge in [0.15, 0.2) is 6.61 Å². The van der Waals surface area contributed by atoms with Crippen LogP contribution >= 0.6 is 0 Å². The Morgan fingerprint density at radius 1 is 1.32 bits per heavy atom. The predicted octanol–water partition coefficient (Wildman–Crippen LogP) is 2.39. The number of carbonyl (C=O) groups is 2. The third-order valence-corrected chi connectivity index (χ3v) is 4.63. The van der Waals surface area contributed by atoms with Crippen molar-refractivity contribution in [2.24, 2.45) is 11.8 Å². The minimum absolute atomic E-state index is 0.161. The van der Waals surface area contributed by atoms with Crippen LogP contribution in [0.1, 0.15) is 54.9 Å². The van der Waals surface area contributed by atoms with E-state index in [0.717, 1.165) is 12.8 Å². The molecule has 22 heavy (non-hydrogen) atoms. The van der Waals surface area contributed by atoms with Crippen molar-refractivity contribution in [3.8, 4) is 0 Å². The van der Waals surface area contributed by atoms with Crippen LogP contribution in [0, 0.1) is 25.7 Å². The molecular formula is C16H24N2O4. The molecule has 0 spiro atoms. The molecule has 6 heteroatoms. The number of aromatic nitrogens is 1. The molecule has 1 aromatic rings. The van der Waals surface area contributed by atoms with Crippen LogP contribution in [0.2, 0.25) is 0 Å². The van der Waals surface area contributed by atoms with Crippen molar-refractivity contribution in [2.45, 2.75) is 53.0 Å². The third-order valence-electron chi connectivity index (χ3n) is 4.63. The highest BCUT2D eigenvalue weighted by Gasteiger charge is 2.28. The zero-order valence-electron chi connectivity index (χ0n) is 13.6. The summed E-state index contributed by atoms with van der Waals surface area (Å²) in [4.78, 5) is 23.9. The van der Waals surface area contributed by atoms with Gasteiger partial charge in [-0.25, -0.2) is 4.79 Å². The Morgan fingerprint density at radius 2 is 2.05 bits per heavy atom. The maximum atomic E-state index is 12.0. The van der Waals surface area contributed by atoms with E-state index in [1.54, 1.807) is 13.8 Å². The van der Waals surface area contributed by atoms with Crippen molar-refractivity contribution in [3.63, 3.8) is 0 Å². The van der Waals surface area contributed by atoms with E-state index in [2.05, 4.69) is 24.3 Å². The lowest BCUT2D eigenvalue weighted by Crippen LogP contribution is -2.45. The summed E-state index contributed by atoms with van der Waals surface area (Å²) < 4.78 is 9.98. The summed E-state index contributed by atoms with van der Waals surface area (Å²) in [5, 5.41) is 6.67. The van der Waals surface area contributed by atoms with Crippen molar-refractivity contribution >= 4 is 11.9 Å². The minimum atomic E-state index is -0.573. The van der Waals surface area contributed by atoms with Gasteiger partial charge in [-0.05, 0) is 32.1 Å². The number of nitrogens with zero attached hydrogens (tertiary/aromatic N) is 1. The van der Waals surface area contributed by atoms with E-state index in [-0.39, 0.29) is 18.6 Å². The maximum Gasteiger partial charge on any atom is 0.344 e. The summed E-state index contributed by atoms with van der Waals surface area (Å²) in [6, 6.07) is 0.161. The molecular weight excluding hydrogens is 284 g/mol. The van der Waals surface area contributed by atoms with E-state index in [1.807, 2.05) is 0 Å². The van der Waals surface area contributed by atoms with E-state index in [4.69, 9.17) is 9.26 Å². The Morgan fingerprint density at radius 3 is 2.68 bits per heavy atom. The molecule has 0 bridgehead atoms. The van der Waals surface area contributed by atoms with Crippen LogP contribution in [0.5, 0.6) is 0 Å². The predicted molar refractivity (Wildman–Crippen MR) is 80.4 cm³/mol. The second-order valence-electron chi connectivity index (χ2n) is 6.22. The highest BCUT2D eigenvalue weighted by Crippen LogP contribution is 2.29. The Balaban J connectivity index is 1.84. The number of hydrogen-bond donors (Lipinski definition) is 1. The monoisotopic (exact) mass is 308 g/mol. The Bertz CT molecular complexity index is 533. The van der Waals surface area contributed by atoms with E-state index in [9.17, 15) is 9.59 Å². The van der Waals surface area contributed by atoms with Crippen LogP contribution in [0.4, 0.5) is 0 Å². The molecule has 1 aromatic heterocycles. The van der Waals surface area contributed by atoms with Crippen LogP contribution in [-0.2, 0) is 9.53 Å². The number of nitrogens with one attached hydrogen (secondary N) is 1. The molecule has 3 atom stereocenters. The zero-order valence-corrected chi connectivity index (χ0v) is 13.6. The van der Waals surface area contributed by atoms with Gasteiger partial charge < -0.3 is 14.6 Å². The SMILES string of the molecule is Cc1noc(C)c1C(=O)OCC(=O)N[C@@H]1CCC[C@H](C)[C@@H]1C. The van der Waals surface area contributed by atoms with Gasteiger partial charge in [-0.1, -0.05) is 31.8 Å². The van der Waals surface area contributed by atoms with Gasteiger partial charge in [-0.2, -0.15) is 0 Å². The fourth-order valence-corrected chi connectivity index (χ4v) is 3.01. The van der Waals surface area contributed by atoms with Crippen molar-refractivity contribution in [1.82, 2.24) is 10.5 Å². The van der Waals surface area contributed by atoms with E-state index >= 15 is 0 Å². The van der Waals surface area contributed by atoms with Crippen LogP contribution in [0.3, 0.4) is 0 Å². The van der Waals surface area contributed by atoms with E-state index in [1.165, 1.54) is 6.42 Å². The fourth-order valence-electron chi connectivity index (χ4n) is 3.01. The molecule has 1 saturated carbocycles. The minimum Gasteiger partial charge on any atom is -0.452 e. The molecule has 6 nitrogen and oxygen atoms in total. The first-order valence-corrected chi connectivity index (χ1v) is 7.79. The van der Waals surface area contributed by atoms with Gasteiger partial charge in [0.05, 0.1) is 5.69 Å². The first-order chi connectivity index (χ1) is 10.4. The molecule has 1 N–H and O–H groups in total. The second-order valence-corrected chi connectivity index (χ2v) is 6.22. The van der Waals surface area contributed by atoms with Crippen molar-refractivity contribution in [2.75, 3.05) is 6.61 Å². The highest BCUT2D eigenvalue weighted by molar-refractivity contribution is 5.93. The van der Waals surface area contributed by atoms with Crippen molar-refractivity contribution in [1.29, 1.82) is 0 Å². The van der Waals surface area contributed by atoms with Crippen molar-refractivity contribution in [3.05, 3.63) is 17.0 Å². The zero-order chi connectivity index (χ0) is 16.3. The molecule has 1 amide bonds. The summed E-state index contributed by atoms with van der Waals surface area (Å²) in [7, 11) is 0. The van der Waals surface area contributed by atoms with Crippen LogP contribution in [0.15, 0.2) is 4.52 Å². The third kappa shape index (κ3) is 3.67. The second kappa shape index (κ2) is 6.94. The molecule has 0 saturated heterocycles. The summed E-state index contributed by atoms with van der Waals surface area (Å²) >= 11 is 0. The lowest BCUT2D eigenvalue weighted by Gasteiger charge is -2.34. The molecule has 1 fully saturated rings. The van der Waals surface area contributed by atoms with Gasteiger partial charge in [-0.3, -0.25) is 4.79 Å². The standard InChI is InChI=1S/C16H24N2O4/c1-9-6-5-7-13(10(9)2)17-14(19)8-21-16(20)15-11(3)18-22-12(15)4/h9-10,13H,5-8H2,1-4H3,(H,17,19)/t9-,10-,13+/m0/s1. The number of ether oxygens (including phenoxy) is 1. The number of aryl methyl sites for hydroxylation is 2. The maximum absolute atomic E-state index is 12.0. The van der Waals surface area contributed by atoms with E-state index in [0.29, 0.717) is 28.9 Å². The highest BCUT2D eigenvalue weighted by atomic mass is 16.5. The lowest BCUT2D eigenvalue weighted by molar-refractivity contribution is -0.125. The summed E-state index contributed by atoms with van der Waals surface area (Å²) in [5.41, 5.74) is 0.769. The summed E-state index contributed by atoms with van der Waals surface area (Å²) in [6.07, 6.45) is 3.30. The normalized spacial score (nSPS) is 24.8. The molecule has 1 aliphatic carbocycles. The number of amides is 1. The quantitative estimate of drug-likeness (QED) is 0.864. The largest absolute Gasteiger partial charge is 0.452 e. The molecule has 2 rings (SSSR count). The van der Waals surface area contributed by atoms with Gasteiger partial charge in [0, 0.05) is 6.04 Å². The molecule has 1 heterocycles. The van der Waals surface area contributed by atoms with Gasteiger partial charge in [0.25, 0.3) is 5.91 Å². The van der Waals surface area contributed by atoms with Crippen LogP contribution in [-0.4, -0.2) is 29.7 Å². The molecule has 122 valence electrons. The Labute approximate surface area is 130 Å². The summed E-state index contributed by atoms with van der Waals surface area (Å²) in [5.74, 6) is 0.611. The van der Waals surface area contributed by atoms with Gasteiger partial charge in [-0.15, -0.1) is 0 Å². The van der Waals surface area contributed by atoms with E-state index < -0.39 is 5.97 Å². The fraction of sp³-hybridized carbons (Fsp3) is 0.688. The Kier molecular flexibility index (Phi) is 5.21. The Hall–Kier alpha value is -1.85. The number of carbonyl (C=O) groups excluding carboxylic acids is 2. The summed E-state index contributed by atoms with van der Waals surface area (Å²) in [6.45, 7) is 7.39. The topological polar surface area (TPSA) is 81.4 Å². The average Bonchev–Trinajstić information content (AvgIpc) is 2.81. The van der Waals surface area contributed by atoms with Gasteiger partial charge >= 0.3 is 5.97 Å². The molecule has 0 unspecified atom stereocenters. The number of hydrogen-bond acceptors (Lipinski definition) is 5. The number of rotatable bonds is 4. The number of esters is 1. The molecule has 1 aliphatic rings. The lowest BCUT2D eigenvalue weighted by atomic mass is 9.78. The smallest absolute Gasteiger partial charge is 0.344 e. The molecule has 0 radical (unpaired) electrons. The van der Waals surface area contributed by atoms with Gasteiger partial charge in [0.2, 0.25) is 0 Å². The van der Waals surface area contributed by atoms with Crippen molar-refractivity contribution < 1.29 is 18.8 Å². The molecule has 0 aliphatic heterocycles. The first kappa shape index (κ1) is 16.5. The van der Waals surface area contributed by atoms with Crippen LogP contribution < -0.4 is 5.32 Å². The molecule has 0 aromatic carbocycles. The first-order valence-electron chi connectivity index (χ1n) is 7.79. The van der Waals surface area contributed by atoms with Gasteiger partial charge in [0.1, 0.15) is 11.3 Å².